The third kappa shape index (κ3) is 5.07. The maximum Gasteiger partial charge on any atom is 0.410 e. The van der Waals surface area contributed by atoms with E-state index in [1.165, 1.54) is 0 Å². The summed E-state index contributed by atoms with van der Waals surface area (Å²) in [4.78, 5) is 13.1. The molecular weight excluding hydrogens is 180 g/mol. The minimum absolute atomic E-state index is 0.120. The molecular formula is C10H22N2O2. The Bertz CT molecular complexity index is 187. The minimum atomic E-state index is -0.437. The van der Waals surface area contributed by atoms with E-state index in [9.17, 15) is 4.79 Å². The number of nitrogens with zero attached hydrogens (tertiary/aromatic N) is 1. The van der Waals surface area contributed by atoms with E-state index in [4.69, 9.17) is 10.5 Å². The molecule has 0 aromatic rings. The van der Waals surface area contributed by atoms with Crippen molar-refractivity contribution in [2.24, 2.45) is 5.73 Å². The van der Waals surface area contributed by atoms with Gasteiger partial charge in [-0.15, -0.1) is 0 Å². The van der Waals surface area contributed by atoms with Crippen LogP contribution in [0.1, 0.15) is 34.1 Å². The number of hydrogen-bond acceptors (Lipinski definition) is 3. The van der Waals surface area contributed by atoms with E-state index in [-0.39, 0.29) is 12.1 Å². The van der Waals surface area contributed by atoms with Gasteiger partial charge in [0.25, 0.3) is 0 Å². The second-order valence-electron chi connectivity index (χ2n) is 4.52. The Morgan fingerprint density at radius 3 is 2.36 bits per heavy atom. The zero-order valence-electron chi connectivity index (χ0n) is 9.83. The third-order valence-corrected chi connectivity index (χ3v) is 1.93. The summed E-state index contributed by atoms with van der Waals surface area (Å²) in [6, 6.07) is 0.120. The number of rotatable bonds is 3. The van der Waals surface area contributed by atoms with E-state index in [2.05, 4.69) is 0 Å². The predicted octanol–water partition coefficient (Wildman–Crippen LogP) is 1.59. The number of amides is 1. The first-order valence-corrected chi connectivity index (χ1v) is 4.94. The molecule has 0 spiro atoms. The lowest BCUT2D eigenvalue weighted by Gasteiger charge is -2.28. The van der Waals surface area contributed by atoms with Crippen LogP contribution in [-0.2, 0) is 4.74 Å². The SMILES string of the molecule is CC(CCN)N(C)C(=O)OC(C)(C)C. The van der Waals surface area contributed by atoms with Gasteiger partial charge < -0.3 is 15.4 Å². The highest BCUT2D eigenvalue weighted by molar-refractivity contribution is 5.68. The van der Waals surface area contributed by atoms with Crippen molar-refractivity contribution >= 4 is 6.09 Å². The van der Waals surface area contributed by atoms with E-state index >= 15 is 0 Å². The molecule has 0 saturated carbocycles. The molecule has 0 aliphatic rings. The first kappa shape index (κ1) is 13.2. The lowest BCUT2D eigenvalue weighted by atomic mass is 10.2. The standard InChI is InChI=1S/C10H22N2O2/c1-8(6-7-11)12(5)9(13)14-10(2,3)4/h8H,6-7,11H2,1-5H3. The van der Waals surface area contributed by atoms with Crippen LogP contribution >= 0.6 is 0 Å². The lowest BCUT2D eigenvalue weighted by molar-refractivity contribution is 0.0231. The summed E-state index contributed by atoms with van der Waals surface area (Å²) in [6.07, 6.45) is 0.494. The van der Waals surface area contributed by atoms with Crippen molar-refractivity contribution in [3.63, 3.8) is 0 Å². The summed E-state index contributed by atoms with van der Waals surface area (Å²) < 4.78 is 5.21. The predicted molar refractivity (Wildman–Crippen MR) is 57.1 cm³/mol. The molecule has 1 unspecified atom stereocenters. The van der Waals surface area contributed by atoms with Crippen LogP contribution in [0.5, 0.6) is 0 Å². The Balaban J connectivity index is 4.12. The first-order valence-electron chi connectivity index (χ1n) is 4.94. The number of ether oxygens (including phenoxy) is 1. The van der Waals surface area contributed by atoms with Gasteiger partial charge in [-0.2, -0.15) is 0 Å². The molecule has 0 aliphatic carbocycles. The maximum atomic E-state index is 11.5. The topological polar surface area (TPSA) is 55.6 Å². The molecule has 0 rings (SSSR count). The van der Waals surface area contributed by atoms with E-state index < -0.39 is 5.60 Å². The van der Waals surface area contributed by atoms with Crippen molar-refractivity contribution in [1.29, 1.82) is 0 Å². The van der Waals surface area contributed by atoms with E-state index in [1.54, 1.807) is 11.9 Å². The molecule has 0 bridgehead atoms. The molecule has 1 amide bonds. The highest BCUT2D eigenvalue weighted by Crippen LogP contribution is 2.11. The van der Waals surface area contributed by atoms with Crippen LogP contribution in [-0.4, -0.2) is 36.2 Å². The normalized spacial score (nSPS) is 13.6. The van der Waals surface area contributed by atoms with Crippen molar-refractivity contribution < 1.29 is 9.53 Å². The molecule has 2 N–H and O–H groups in total. The molecule has 4 heteroatoms. The molecule has 0 aromatic heterocycles. The van der Waals surface area contributed by atoms with Crippen LogP contribution in [0.3, 0.4) is 0 Å². The van der Waals surface area contributed by atoms with Gasteiger partial charge in [0, 0.05) is 13.1 Å². The van der Waals surface area contributed by atoms with Gasteiger partial charge in [-0.1, -0.05) is 0 Å². The van der Waals surface area contributed by atoms with Crippen molar-refractivity contribution in [2.45, 2.75) is 45.8 Å². The van der Waals surface area contributed by atoms with Gasteiger partial charge in [0.2, 0.25) is 0 Å². The van der Waals surface area contributed by atoms with Crippen LogP contribution in [0, 0.1) is 0 Å². The fraction of sp³-hybridized carbons (Fsp3) is 0.900. The highest BCUT2D eigenvalue weighted by atomic mass is 16.6. The van der Waals surface area contributed by atoms with Gasteiger partial charge >= 0.3 is 6.09 Å². The van der Waals surface area contributed by atoms with Crippen LogP contribution in [0.2, 0.25) is 0 Å². The number of carbonyl (C=O) groups is 1. The summed E-state index contributed by atoms with van der Waals surface area (Å²) in [5, 5.41) is 0. The molecule has 0 heterocycles. The summed E-state index contributed by atoms with van der Waals surface area (Å²) in [7, 11) is 1.73. The maximum absolute atomic E-state index is 11.5. The monoisotopic (exact) mass is 202 g/mol. The lowest BCUT2D eigenvalue weighted by Crippen LogP contribution is -2.40. The molecule has 84 valence electrons. The van der Waals surface area contributed by atoms with E-state index in [0.29, 0.717) is 6.54 Å². The second kappa shape index (κ2) is 5.20. The van der Waals surface area contributed by atoms with Crippen molar-refractivity contribution in [3.8, 4) is 0 Å². The van der Waals surface area contributed by atoms with Crippen LogP contribution < -0.4 is 5.73 Å². The second-order valence-corrected chi connectivity index (χ2v) is 4.52. The molecule has 0 radical (unpaired) electrons. The largest absolute Gasteiger partial charge is 0.444 e. The quantitative estimate of drug-likeness (QED) is 0.756. The Labute approximate surface area is 86.4 Å². The number of carbonyl (C=O) groups excluding carboxylic acids is 1. The molecule has 0 aliphatic heterocycles. The van der Waals surface area contributed by atoms with E-state index in [1.807, 2.05) is 27.7 Å². The molecule has 0 aromatic carbocycles. The van der Waals surface area contributed by atoms with Gasteiger partial charge in [0.05, 0.1) is 0 Å². The van der Waals surface area contributed by atoms with Gasteiger partial charge in [-0.05, 0) is 40.7 Å². The zero-order chi connectivity index (χ0) is 11.4. The summed E-state index contributed by atoms with van der Waals surface area (Å²) in [5.74, 6) is 0. The summed E-state index contributed by atoms with van der Waals surface area (Å²) >= 11 is 0. The average molecular weight is 202 g/mol. The van der Waals surface area contributed by atoms with Crippen LogP contribution in [0.25, 0.3) is 0 Å². The first-order chi connectivity index (χ1) is 6.28. The minimum Gasteiger partial charge on any atom is -0.444 e. The van der Waals surface area contributed by atoms with Crippen LogP contribution in [0.15, 0.2) is 0 Å². The number of hydrogen-bond donors (Lipinski definition) is 1. The average Bonchev–Trinajstić information content (AvgIpc) is 2.00. The van der Waals surface area contributed by atoms with Gasteiger partial charge in [0.15, 0.2) is 0 Å². The van der Waals surface area contributed by atoms with Gasteiger partial charge in [0.1, 0.15) is 5.60 Å². The fourth-order valence-corrected chi connectivity index (χ4v) is 0.949. The Hall–Kier alpha value is -0.770. The molecule has 14 heavy (non-hydrogen) atoms. The Kier molecular flexibility index (Phi) is 4.91. The van der Waals surface area contributed by atoms with Crippen LogP contribution in [0.4, 0.5) is 4.79 Å². The highest BCUT2D eigenvalue weighted by Gasteiger charge is 2.22. The summed E-state index contributed by atoms with van der Waals surface area (Å²) in [5.41, 5.74) is 4.98. The Morgan fingerprint density at radius 1 is 1.50 bits per heavy atom. The summed E-state index contributed by atoms with van der Waals surface area (Å²) in [6.45, 7) is 8.09. The van der Waals surface area contributed by atoms with E-state index in [0.717, 1.165) is 6.42 Å². The molecule has 0 fully saturated rings. The Morgan fingerprint density at radius 2 is 2.00 bits per heavy atom. The van der Waals surface area contributed by atoms with Gasteiger partial charge in [-0.3, -0.25) is 0 Å². The zero-order valence-corrected chi connectivity index (χ0v) is 9.83. The third-order valence-electron chi connectivity index (χ3n) is 1.93. The van der Waals surface area contributed by atoms with Gasteiger partial charge in [-0.25, -0.2) is 4.79 Å². The molecule has 0 saturated heterocycles. The fourth-order valence-electron chi connectivity index (χ4n) is 0.949. The molecule has 4 nitrogen and oxygen atoms in total. The van der Waals surface area contributed by atoms with Crippen molar-refractivity contribution in [3.05, 3.63) is 0 Å². The van der Waals surface area contributed by atoms with Crippen molar-refractivity contribution in [2.75, 3.05) is 13.6 Å². The smallest absolute Gasteiger partial charge is 0.410 e. The van der Waals surface area contributed by atoms with Crippen molar-refractivity contribution in [1.82, 2.24) is 4.90 Å². The number of nitrogens with two attached hydrogens (primary N) is 1. The molecule has 1 atom stereocenters.